The zero-order chi connectivity index (χ0) is 28.8. The van der Waals surface area contributed by atoms with Crippen LogP contribution in [0.3, 0.4) is 0 Å². The van der Waals surface area contributed by atoms with Gasteiger partial charge in [0.15, 0.2) is 0 Å². The fourth-order valence-electron chi connectivity index (χ4n) is 6.75. The van der Waals surface area contributed by atoms with E-state index in [0.29, 0.717) is 12.6 Å². The van der Waals surface area contributed by atoms with E-state index in [9.17, 15) is 9.90 Å². The number of ether oxygens (including phenoxy) is 2. The Labute approximate surface area is 241 Å². The molecular weight excluding hydrogens is 522 g/mol. The molecule has 41 heavy (non-hydrogen) atoms. The molecule has 1 atom stereocenters. The summed E-state index contributed by atoms with van der Waals surface area (Å²) in [5.41, 5.74) is 3.21. The summed E-state index contributed by atoms with van der Waals surface area (Å²) in [6.45, 7) is 9.50. The standard InChI is InChI=1S/C30H43N7O4/c1-20(16-40-4)33-28-31-14-26-24(12-25(37(26)34-28)21-6-8-23(38)9-7-21)22-13-32-36(15-22)29(2,3)27(39)35-11-5-10-30(17-35)18-41-19-30/h12-15,20-21,23,38H,5-11,16-19H2,1-4H3,(H,33,34)/t20-,21-,23-/m0/s1. The van der Waals surface area contributed by atoms with Crippen molar-refractivity contribution < 1.29 is 19.4 Å². The van der Waals surface area contributed by atoms with Crippen LogP contribution in [0.15, 0.2) is 24.7 Å². The summed E-state index contributed by atoms with van der Waals surface area (Å²) < 4.78 is 14.6. The molecule has 2 aliphatic heterocycles. The number of carbonyl (C=O) groups excluding carboxylic acids is 1. The molecule has 1 spiro atoms. The Morgan fingerprint density at radius 1 is 1.27 bits per heavy atom. The Morgan fingerprint density at radius 3 is 2.76 bits per heavy atom. The maximum absolute atomic E-state index is 13.8. The lowest BCUT2D eigenvalue weighted by atomic mass is 9.78. The summed E-state index contributed by atoms with van der Waals surface area (Å²) in [4.78, 5) is 20.4. The van der Waals surface area contributed by atoms with Gasteiger partial charge in [-0.1, -0.05) is 0 Å². The molecule has 2 saturated heterocycles. The minimum absolute atomic E-state index is 0.0605. The Hall–Kier alpha value is -3.02. The minimum Gasteiger partial charge on any atom is -0.393 e. The van der Waals surface area contributed by atoms with Gasteiger partial charge in [-0.15, -0.1) is 5.10 Å². The molecule has 2 N–H and O–H groups in total. The molecule has 11 nitrogen and oxygen atoms in total. The van der Waals surface area contributed by atoms with Crippen LogP contribution in [-0.4, -0.2) is 92.5 Å². The average molecular weight is 566 g/mol. The predicted octanol–water partition coefficient (Wildman–Crippen LogP) is 3.43. The third-order valence-electron chi connectivity index (χ3n) is 9.21. The van der Waals surface area contributed by atoms with E-state index in [1.54, 1.807) is 11.8 Å². The number of aromatic nitrogens is 5. The van der Waals surface area contributed by atoms with E-state index in [2.05, 4.69) is 16.4 Å². The lowest BCUT2D eigenvalue weighted by molar-refractivity contribution is -0.164. The monoisotopic (exact) mass is 565 g/mol. The van der Waals surface area contributed by atoms with Crippen molar-refractivity contribution in [2.75, 3.05) is 45.3 Å². The maximum atomic E-state index is 13.8. The Morgan fingerprint density at radius 2 is 2.05 bits per heavy atom. The second kappa shape index (κ2) is 11.0. The van der Waals surface area contributed by atoms with Gasteiger partial charge in [0.05, 0.1) is 43.8 Å². The number of aliphatic hydroxyl groups excluding tert-OH is 1. The average Bonchev–Trinajstić information content (AvgIpc) is 3.58. The summed E-state index contributed by atoms with van der Waals surface area (Å²) >= 11 is 0. The predicted molar refractivity (Wildman–Crippen MR) is 155 cm³/mol. The summed E-state index contributed by atoms with van der Waals surface area (Å²) in [7, 11) is 1.68. The first kappa shape index (κ1) is 28.1. The molecule has 3 aliphatic rings. The van der Waals surface area contributed by atoms with E-state index in [1.165, 1.54) is 0 Å². The highest BCUT2D eigenvalue weighted by atomic mass is 16.5. The van der Waals surface area contributed by atoms with Crippen LogP contribution in [0.2, 0.25) is 0 Å². The van der Waals surface area contributed by atoms with E-state index in [0.717, 1.165) is 87.2 Å². The zero-order valence-electron chi connectivity index (χ0n) is 24.7. The van der Waals surface area contributed by atoms with Crippen molar-refractivity contribution in [3.05, 3.63) is 30.4 Å². The van der Waals surface area contributed by atoms with Gasteiger partial charge in [0.1, 0.15) is 5.54 Å². The number of amides is 1. The first-order valence-electron chi connectivity index (χ1n) is 14.9. The number of hydrogen-bond acceptors (Lipinski definition) is 8. The van der Waals surface area contributed by atoms with Gasteiger partial charge in [-0.25, -0.2) is 9.50 Å². The number of methoxy groups -OCH3 is 1. The van der Waals surface area contributed by atoms with Crippen LogP contribution in [-0.2, 0) is 19.8 Å². The molecular formula is C30H43N7O4. The van der Waals surface area contributed by atoms with Crippen LogP contribution in [0.1, 0.15) is 70.9 Å². The molecule has 0 bridgehead atoms. The van der Waals surface area contributed by atoms with Crippen molar-refractivity contribution in [2.24, 2.45) is 5.41 Å². The van der Waals surface area contributed by atoms with E-state index >= 15 is 0 Å². The number of fused-ring (bicyclic) bond motifs is 1. The second-order valence-corrected chi connectivity index (χ2v) is 12.9. The highest BCUT2D eigenvalue weighted by Crippen LogP contribution is 2.40. The molecule has 0 unspecified atom stereocenters. The van der Waals surface area contributed by atoms with E-state index < -0.39 is 5.54 Å². The lowest BCUT2D eigenvalue weighted by Gasteiger charge is -2.49. The number of aliphatic hydroxyl groups is 1. The first-order valence-corrected chi connectivity index (χ1v) is 14.9. The molecule has 0 aromatic carbocycles. The summed E-state index contributed by atoms with van der Waals surface area (Å²) in [5, 5.41) is 23.0. The van der Waals surface area contributed by atoms with Gasteiger partial charge >= 0.3 is 0 Å². The van der Waals surface area contributed by atoms with Crippen molar-refractivity contribution in [3.63, 3.8) is 0 Å². The number of nitrogens with one attached hydrogen (secondary N) is 1. The van der Waals surface area contributed by atoms with Crippen LogP contribution in [0.5, 0.6) is 0 Å². The number of likely N-dealkylation sites (tertiary alicyclic amines) is 1. The highest BCUT2D eigenvalue weighted by molar-refractivity contribution is 5.85. The molecule has 222 valence electrons. The Balaban J connectivity index is 1.31. The van der Waals surface area contributed by atoms with Crippen LogP contribution in [0, 0.1) is 5.41 Å². The van der Waals surface area contributed by atoms with Crippen molar-refractivity contribution in [2.45, 2.75) is 82.9 Å². The van der Waals surface area contributed by atoms with Gasteiger partial charge in [0, 0.05) is 60.6 Å². The number of anilines is 1. The molecule has 1 saturated carbocycles. The number of nitrogens with zero attached hydrogens (tertiary/aromatic N) is 6. The smallest absolute Gasteiger partial charge is 0.249 e. The summed E-state index contributed by atoms with van der Waals surface area (Å²) in [5.74, 6) is 0.916. The Bertz CT molecular complexity index is 1390. The fourth-order valence-corrected chi connectivity index (χ4v) is 6.75. The normalized spacial score (nSPS) is 23.5. The lowest BCUT2D eigenvalue weighted by Crippen LogP contribution is -2.58. The SMILES string of the molecule is COC[C@H](C)Nc1ncc2c(-c3cnn(C(C)(C)C(=O)N4CCCC5(COC5)C4)c3)cc([C@H]3CC[C@H](O)CC3)n2n1. The number of hydrogen-bond donors (Lipinski definition) is 2. The van der Waals surface area contributed by atoms with Gasteiger partial charge in [-0.3, -0.25) is 9.48 Å². The Kier molecular flexibility index (Phi) is 7.54. The number of piperidine rings is 1. The number of carbonyl (C=O) groups is 1. The minimum atomic E-state index is -0.829. The third-order valence-corrected chi connectivity index (χ3v) is 9.21. The van der Waals surface area contributed by atoms with Gasteiger partial charge in [0.25, 0.3) is 0 Å². The van der Waals surface area contributed by atoms with Gasteiger partial charge in [-0.05, 0) is 65.4 Å². The summed E-state index contributed by atoms with van der Waals surface area (Å²) in [6, 6.07) is 2.25. The quantitative estimate of drug-likeness (QED) is 0.427. The van der Waals surface area contributed by atoms with Crippen LogP contribution < -0.4 is 5.32 Å². The zero-order valence-corrected chi connectivity index (χ0v) is 24.7. The van der Waals surface area contributed by atoms with Gasteiger partial charge in [-0.2, -0.15) is 5.10 Å². The molecule has 1 aliphatic carbocycles. The largest absolute Gasteiger partial charge is 0.393 e. The van der Waals surface area contributed by atoms with E-state index in [1.807, 2.05) is 48.8 Å². The van der Waals surface area contributed by atoms with Gasteiger partial charge in [0.2, 0.25) is 11.9 Å². The number of rotatable bonds is 8. The third kappa shape index (κ3) is 5.35. The molecule has 3 fully saturated rings. The molecule has 3 aromatic heterocycles. The van der Waals surface area contributed by atoms with Crippen molar-refractivity contribution in [3.8, 4) is 11.1 Å². The molecule has 5 heterocycles. The topological polar surface area (TPSA) is 119 Å². The van der Waals surface area contributed by atoms with E-state index in [-0.39, 0.29) is 29.4 Å². The maximum Gasteiger partial charge on any atom is 0.249 e. The van der Waals surface area contributed by atoms with E-state index in [4.69, 9.17) is 19.7 Å². The van der Waals surface area contributed by atoms with Crippen LogP contribution >= 0.6 is 0 Å². The molecule has 11 heteroatoms. The second-order valence-electron chi connectivity index (χ2n) is 12.9. The molecule has 3 aromatic rings. The molecule has 0 radical (unpaired) electrons. The van der Waals surface area contributed by atoms with Crippen molar-refractivity contribution in [1.29, 1.82) is 0 Å². The molecule has 1 amide bonds. The molecule has 6 rings (SSSR count). The fraction of sp³-hybridized carbons (Fsp3) is 0.667. The van der Waals surface area contributed by atoms with Crippen LogP contribution in [0.25, 0.3) is 16.6 Å². The van der Waals surface area contributed by atoms with Crippen LogP contribution in [0.4, 0.5) is 5.95 Å². The first-order chi connectivity index (χ1) is 19.7. The van der Waals surface area contributed by atoms with Crippen molar-refractivity contribution in [1.82, 2.24) is 29.3 Å². The van der Waals surface area contributed by atoms with Crippen molar-refractivity contribution >= 4 is 17.4 Å². The summed E-state index contributed by atoms with van der Waals surface area (Å²) in [6.07, 6.45) is 10.9. The van der Waals surface area contributed by atoms with Gasteiger partial charge < -0.3 is 24.8 Å². The highest BCUT2D eigenvalue weighted by Gasteiger charge is 2.46.